The van der Waals surface area contributed by atoms with Crippen LogP contribution in [0.1, 0.15) is 13.8 Å². The van der Waals surface area contributed by atoms with E-state index in [-0.39, 0.29) is 16.8 Å². The zero-order valence-electron chi connectivity index (χ0n) is 20.8. The van der Waals surface area contributed by atoms with Crippen molar-refractivity contribution in [2.24, 2.45) is 0 Å². The molecule has 0 aliphatic carbocycles. The highest BCUT2D eigenvalue weighted by atomic mass is 29.6. The summed E-state index contributed by atoms with van der Waals surface area (Å²) in [5.74, 6) is 0. The van der Waals surface area contributed by atoms with E-state index in [2.05, 4.69) is 46.6 Å². The largest absolute Gasteiger partial charge is 0.505 e. The van der Waals surface area contributed by atoms with Crippen molar-refractivity contribution in [1.82, 2.24) is 0 Å². The normalized spacial score (nSPS) is 29.5. The van der Waals surface area contributed by atoms with E-state index in [1.54, 1.807) is 42.7 Å². The highest BCUT2D eigenvalue weighted by Gasteiger charge is 2.70. The lowest BCUT2D eigenvalue weighted by Gasteiger charge is -2.60. The first kappa shape index (κ1) is 27.8. The van der Waals surface area contributed by atoms with Crippen LogP contribution in [0.2, 0.25) is 49.5 Å². The van der Waals surface area contributed by atoms with Crippen molar-refractivity contribution < 1.29 is 31.0 Å². The lowest BCUT2D eigenvalue weighted by molar-refractivity contribution is 0.0830. The molecule has 1 aliphatic rings. The molecular weight excluding hydrogens is 457 g/mol. The van der Waals surface area contributed by atoms with Gasteiger partial charge in [-0.2, -0.15) is 0 Å². The van der Waals surface area contributed by atoms with Gasteiger partial charge in [0.05, 0.1) is 12.7 Å². The second-order valence-corrected chi connectivity index (χ2v) is 43.4. The Morgan fingerprint density at radius 1 is 0.724 bits per heavy atom. The number of hydrogen-bond donors (Lipinski definition) is 0. The Morgan fingerprint density at radius 3 is 1.45 bits per heavy atom. The molecule has 0 spiro atoms. The summed E-state index contributed by atoms with van der Waals surface area (Å²) in [6.45, 7) is 16.9. The maximum absolute atomic E-state index is 7.20. The monoisotopic (exact) mass is 500 g/mol. The molecule has 1 saturated heterocycles. The fraction of sp³-hybridized carbons (Fsp3) is 1.00. The van der Waals surface area contributed by atoms with Crippen LogP contribution in [0, 0.1) is 0 Å². The molecule has 0 amide bonds. The summed E-state index contributed by atoms with van der Waals surface area (Å²) in [5, 5.41) is 0.127. The lowest BCUT2D eigenvalue weighted by Crippen LogP contribution is -2.81. The predicted molar refractivity (Wildman–Crippen MR) is 129 cm³/mol. The van der Waals surface area contributed by atoms with Crippen molar-refractivity contribution in [2.45, 2.75) is 69.4 Å². The Kier molecular flexibility index (Phi) is 9.35. The van der Waals surface area contributed by atoms with Gasteiger partial charge in [0.2, 0.25) is 0 Å². The van der Waals surface area contributed by atoms with Gasteiger partial charge in [-0.25, -0.2) is 0 Å². The van der Waals surface area contributed by atoms with Gasteiger partial charge in [-0.1, -0.05) is 40.0 Å². The van der Waals surface area contributed by atoms with E-state index in [0.29, 0.717) is 0 Å². The average Bonchev–Trinajstić information content (AvgIpc) is 2.69. The Hall–Kier alpha value is 0.804. The van der Waals surface area contributed by atoms with Gasteiger partial charge in [-0.3, -0.25) is 0 Å². The van der Waals surface area contributed by atoms with Crippen LogP contribution in [0.4, 0.5) is 0 Å². The van der Waals surface area contributed by atoms with Gasteiger partial charge in [0.25, 0.3) is 0 Å². The molecule has 29 heavy (non-hydrogen) atoms. The molecule has 1 fully saturated rings. The van der Waals surface area contributed by atoms with Crippen molar-refractivity contribution in [1.29, 1.82) is 0 Å². The molecule has 174 valence electrons. The molecule has 7 nitrogen and oxygen atoms in total. The number of hydrogen-bond acceptors (Lipinski definition) is 7. The molecule has 1 aliphatic heterocycles. The zero-order valence-corrected chi connectivity index (χ0v) is 25.8. The summed E-state index contributed by atoms with van der Waals surface area (Å²) in [7, 11) is -1.17. The van der Waals surface area contributed by atoms with E-state index in [9.17, 15) is 0 Å². The first-order valence-electron chi connectivity index (χ1n) is 10.2. The van der Waals surface area contributed by atoms with E-state index in [1.165, 1.54) is 0 Å². The van der Waals surface area contributed by atoms with E-state index in [1.807, 2.05) is 0 Å². The maximum Gasteiger partial charge on any atom is 0.505 e. The molecule has 0 bridgehead atoms. The summed E-state index contributed by atoms with van der Waals surface area (Å²) in [4.78, 5) is 0. The highest BCUT2D eigenvalue weighted by Crippen LogP contribution is 2.50. The van der Waals surface area contributed by atoms with Crippen LogP contribution in [0.15, 0.2) is 0 Å². The SMILES string of the molecule is CO[Si](OC)(OC)C(C)C1C[Si](C)(C)[Si](C)(C)[Si](C)(C(C)[Si](OC)(OC)OC)O1. The Morgan fingerprint density at radius 2 is 1.10 bits per heavy atom. The molecule has 12 heteroatoms. The molecule has 0 aromatic rings. The van der Waals surface area contributed by atoms with Crippen LogP contribution >= 0.6 is 0 Å². The second kappa shape index (κ2) is 9.74. The van der Waals surface area contributed by atoms with E-state index in [0.717, 1.165) is 6.04 Å². The summed E-state index contributed by atoms with van der Waals surface area (Å²) in [6, 6.07) is 1.09. The van der Waals surface area contributed by atoms with Gasteiger partial charge < -0.3 is 31.0 Å². The van der Waals surface area contributed by atoms with Crippen molar-refractivity contribution in [2.75, 3.05) is 42.7 Å². The van der Waals surface area contributed by atoms with Crippen LogP contribution in [-0.2, 0) is 31.0 Å². The van der Waals surface area contributed by atoms with Crippen LogP contribution < -0.4 is 0 Å². The highest BCUT2D eigenvalue weighted by molar-refractivity contribution is 7.68. The van der Waals surface area contributed by atoms with Gasteiger partial charge in [0.15, 0.2) is 7.83 Å². The summed E-state index contributed by atoms with van der Waals surface area (Å²) in [6.07, 6.45) is 0.0418. The van der Waals surface area contributed by atoms with Crippen molar-refractivity contribution in [3.63, 3.8) is 0 Å². The average molecular weight is 501 g/mol. The molecule has 0 aromatic heterocycles. The third-order valence-electron chi connectivity index (χ3n) is 8.22. The van der Waals surface area contributed by atoms with Crippen LogP contribution in [0.5, 0.6) is 0 Å². The minimum atomic E-state index is -2.86. The minimum Gasteiger partial charge on any atom is -0.417 e. The molecule has 0 radical (unpaired) electrons. The third kappa shape index (κ3) is 4.37. The van der Waals surface area contributed by atoms with Crippen LogP contribution in [-0.4, -0.2) is 88.9 Å². The van der Waals surface area contributed by atoms with Gasteiger partial charge in [-0.15, -0.1) is 0 Å². The van der Waals surface area contributed by atoms with E-state index < -0.39 is 40.1 Å². The van der Waals surface area contributed by atoms with E-state index in [4.69, 9.17) is 31.0 Å². The first-order chi connectivity index (χ1) is 13.2. The summed E-state index contributed by atoms with van der Waals surface area (Å²) in [5.41, 5.74) is 0.0436. The lowest BCUT2D eigenvalue weighted by atomic mass is 10.3. The topological polar surface area (TPSA) is 64.6 Å². The summed E-state index contributed by atoms with van der Waals surface area (Å²) >= 11 is 0. The van der Waals surface area contributed by atoms with Crippen molar-refractivity contribution in [3.05, 3.63) is 0 Å². The standard InChI is InChI=1S/C17H44O7Si5/c1-15(28(18-3,19-4)20-5)17-14-25(9,10)26(11,12)27(13,24-17)16(2)29(21-6,22-7)23-8/h15-17H,14H2,1-13H3. The van der Waals surface area contributed by atoms with Crippen LogP contribution in [0.25, 0.3) is 0 Å². The van der Waals surface area contributed by atoms with Crippen LogP contribution in [0.3, 0.4) is 0 Å². The fourth-order valence-electron chi connectivity index (χ4n) is 5.01. The van der Waals surface area contributed by atoms with Gasteiger partial charge >= 0.3 is 17.6 Å². The molecule has 1 rings (SSSR count). The molecule has 4 atom stereocenters. The second-order valence-electron chi connectivity index (χ2n) is 9.42. The predicted octanol–water partition coefficient (Wildman–Crippen LogP) is 3.61. The molecule has 0 N–H and O–H groups in total. The molecular formula is C17H44O7Si5. The zero-order chi connectivity index (χ0) is 22.9. The van der Waals surface area contributed by atoms with Crippen molar-refractivity contribution in [3.8, 4) is 0 Å². The molecule has 4 unspecified atom stereocenters. The quantitative estimate of drug-likeness (QED) is 0.425. The van der Waals surface area contributed by atoms with Gasteiger partial charge in [0.1, 0.15) is 0 Å². The Balaban J connectivity index is 3.53. The minimum absolute atomic E-state index is 0.0418. The molecule has 0 aromatic carbocycles. The Bertz CT molecular complexity index is 526. The number of rotatable bonds is 10. The smallest absolute Gasteiger partial charge is 0.417 e. The van der Waals surface area contributed by atoms with Crippen molar-refractivity contribution >= 4 is 40.1 Å². The Labute approximate surface area is 183 Å². The maximum atomic E-state index is 7.20. The van der Waals surface area contributed by atoms with E-state index >= 15 is 0 Å². The first-order valence-corrected chi connectivity index (χ1v) is 24.5. The van der Waals surface area contributed by atoms with Gasteiger partial charge in [-0.05, 0) is 12.6 Å². The van der Waals surface area contributed by atoms with Gasteiger partial charge in [0, 0.05) is 61.5 Å². The third-order valence-corrected chi connectivity index (χ3v) is 57.9. The molecule has 1 heterocycles. The fourth-order valence-corrected chi connectivity index (χ4v) is 51.5. The molecule has 0 saturated carbocycles. The summed E-state index contributed by atoms with van der Waals surface area (Å²) < 4.78 is 42.4.